The monoisotopic (exact) mass is 593 g/mol. The SMILES string of the molecule is COc1cc(OC)c2c(=O)[nH]c(-c3ccc(OCCO)c(-c4cccc(S(C)(=O)=O)c4)n3)nc2c1.CS(=O)(=O)O. The lowest BCUT2D eigenvalue weighted by Gasteiger charge is -2.13. The molecular weight excluding hydrogens is 566 g/mol. The van der Waals surface area contributed by atoms with E-state index in [1.54, 1.807) is 36.4 Å². The Hall–Kier alpha value is -4.05. The maximum absolute atomic E-state index is 12.9. The summed E-state index contributed by atoms with van der Waals surface area (Å²) in [5.41, 5.74) is 1.05. The van der Waals surface area contributed by atoms with Crippen molar-refractivity contribution in [2.24, 2.45) is 0 Å². The molecule has 4 rings (SSSR count). The highest BCUT2D eigenvalue weighted by molar-refractivity contribution is 7.90. The number of aliphatic hydroxyl groups is 1. The molecule has 0 aliphatic heterocycles. The van der Waals surface area contributed by atoms with E-state index in [0.29, 0.717) is 46.0 Å². The van der Waals surface area contributed by atoms with Gasteiger partial charge in [0.05, 0.1) is 37.5 Å². The molecule has 40 heavy (non-hydrogen) atoms. The number of aliphatic hydroxyl groups excluding tert-OH is 1. The predicted molar refractivity (Wildman–Crippen MR) is 147 cm³/mol. The maximum Gasteiger partial charge on any atom is 0.262 e. The van der Waals surface area contributed by atoms with Crippen molar-refractivity contribution in [3.8, 4) is 40.0 Å². The summed E-state index contributed by atoms with van der Waals surface area (Å²) >= 11 is 0. The standard InChI is InChI=1S/C24H23N3O7S.CH4O3S/c1-32-15-12-18-21(20(13-15)33-2)24(29)27-23(26-18)17-7-8-19(34-10-9-28)22(25-17)14-5-4-6-16(11-14)35(3,30)31;1-5(2,3)4/h4-8,11-13,28H,9-10H2,1-3H3,(H,26,27,29);1H3,(H,2,3,4). The molecule has 0 bridgehead atoms. The second-order valence-corrected chi connectivity index (χ2v) is 11.8. The molecule has 4 aromatic rings. The van der Waals surface area contributed by atoms with Crippen molar-refractivity contribution < 1.29 is 40.7 Å². The lowest BCUT2D eigenvalue weighted by Crippen LogP contribution is -2.12. The van der Waals surface area contributed by atoms with Crippen LogP contribution < -0.4 is 19.8 Å². The third-order valence-electron chi connectivity index (χ3n) is 5.19. The van der Waals surface area contributed by atoms with E-state index in [-0.39, 0.29) is 29.3 Å². The van der Waals surface area contributed by atoms with Gasteiger partial charge >= 0.3 is 0 Å². The number of pyridine rings is 1. The average molecular weight is 594 g/mol. The fourth-order valence-corrected chi connectivity index (χ4v) is 4.21. The molecule has 2 heterocycles. The van der Waals surface area contributed by atoms with Crippen LogP contribution in [0.15, 0.2) is 58.2 Å². The fraction of sp³-hybridized carbons (Fsp3) is 0.240. The average Bonchev–Trinajstić information content (AvgIpc) is 2.89. The molecule has 0 atom stereocenters. The number of aromatic nitrogens is 3. The molecule has 13 nitrogen and oxygen atoms in total. The van der Waals surface area contributed by atoms with Crippen molar-refractivity contribution in [2.75, 3.05) is 39.9 Å². The van der Waals surface area contributed by atoms with Crippen LogP contribution in [-0.4, -0.2) is 81.4 Å². The Morgan fingerprint density at radius 2 is 1.62 bits per heavy atom. The van der Waals surface area contributed by atoms with E-state index in [2.05, 4.69) is 15.0 Å². The van der Waals surface area contributed by atoms with Crippen LogP contribution in [0.2, 0.25) is 0 Å². The van der Waals surface area contributed by atoms with Gasteiger partial charge in [0.2, 0.25) is 0 Å². The minimum Gasteiger partial charge on any atom is -0.497 e. The van der Waals surface area contributed by atoms with Crippen LogP contribution in [0.3, 0.4) is 0 Å². The van der Waals surface area contributed by atoms with E-state index in [1.165, 1.54) is 26.4 Å². The molecule has 0 saturated heterocycles. The van der Waals surface area contributed by atoms with Gasteiger partial charge < -0.3 is 24.3 Å². The number of rotatable bonds is 8. The molecule has 0 radical (unpaired) electrons. The number of hydrogen-bond acceptors (Lipinski definition) is 11. The number of nitrogens with one attached hydrogen (secondary N) is 1. The maximum atomic E-state index is 12.9. The molecule has 0 aliphatic carbocycles. The Kier molecular flexibility index (Phi) is 9.47. The molecule has 0 aliphatic rings. The van der Waals surface area contributed by atoms with Crippen molar-refractivity contribution in [1.29, 1.82) is 0 Å². The highest BCUT2D eigenvalue weighted by Gasteiger charge is 2.17. The molecule has 214 valence electrons. The Bertz CT molecular complexity index is 1800. The van der Waals surface area contributed by atoms with Crippen molar-refractivity contribution in [2.45, 2.75) is 4.90 Å². The number of sulfone groups is 1. The van der Waals surface area contributed by atoms with Crippen molar-refractivity contribution in [3.63, 3.8) is 0 Å². The molecule has 2 aromatic carbocycles. The normalized spacial score (nSPS) is 11.4. The second kappa shape index (κ2) is 12.4. The Labute approximate surface area is 230 Å². The van der Waals surface area contributed by atoms with Gasteiger partial charge in [0.15, 0.2) is 15.7 Å². The van der Waals surface area contributed by atoms with Crippen molar-refractivity contribution in [1.82, 2.24) is 15.0 Å². The summed E-state index contributed by atoms with van der Waals surface area (Å²) in [7, 11) is -4.18. The van der Waals surface area contributed by atoms with E-state index < -0.39 is 25.5 Å². The summed E-state index contributed by atoms with van der Waals surface area (Å²) in [6.07, 6.45) is 1.83. The summed E-state index contributed by atoms with van der Waals surface area (Å²) in [6.45, 7) is -0.196. The number of benzene rings is 2. The van der Waals surface area contributed by atoms with E-state index in [9.17, 15) is 26.7 Å². The Morgan fingerprint density at radius 3 is 2.23 bits per heavy atom. The molecule has 15 heteroatoms. The third kappa shape index (κ3) is 7.75. The van der Waals surface area contributed by atoms with Gasteiger partial charge in [-0.1, -0.05) is 12.1 Å². The number of methoxy groups -OCH3 is 2. The van der Waals surface area contributed by atoms with Gasteiger partial charge in [-0.25, -0.2) is 18.4 Å². The lowest BCUT2D eigenvalue weighted by atomic mass is 10.1. The zero-order valence-corrected chi connectivity index (χ0v) is 23.5. The fourth-order valence-electron chi connectivity index (χ4n) is 3.54. The quantitative estimate of drug-likeness (QED) is 0.252. The molecule has 0 spiro atoms. The van der Waals surface area contributed by atoms with Gasteiger partial charge in [0.25, 0.3) is 15.7 Å². The summed E-state index contributed by atoms with van der Waals surface area (Å²) in [5, 5.41) is 9.46. The van der Waals surface area contributed by atoms with Gasteiger partial charge in [-0.2, -0.15) is 8.42 Å². The van der Waals surface area contributed by atoms with Crippen LogP contribution in [0, 0.1) is 0 Å². The molecule has 0 amide bonds. The topological polar surface area (TPSA) is 195 Å². The molecule has 0 saturated carbocycles. The Balaban J connectivity index is 0.000000810. The third-order valence-corrected chi connectivity index (χ3v) is 6.30. The van der Waals surface area contributed by atoms with E-state index in [4.69, 9.17) is 18.8 Å². The van der Waals surface area contributed by atoms with Crippen LogP contribution in [-0.2, 0) is 20.0 Å². The first kappa shape index (κ1) is 30.5. The molecular formula is C25H27N3O10S2. The first-order valence-electron chi connectivity index (χ1n) is 11.4. The van der Waals surface area contributed by atoms with E-state index in [0.717, 1.165) is 6.26 Å². The minimum atomic E-state index is -3.67. The number of nitrogens with zero attached hydrogens (tertiary/aromatic N) is 2. The van der Waals surface area contributed by atoms with Crippen molar-refractivity contribution >= 4 is 30.9 Å². The second-order valence-electron chi connectivity index (χ2n) is 8.29. The molecule has 2 aromatic heterocycles. The highest BCUT2D eigenvalue weighted by Crippen LogP contribution is 2.33. The molecule has 0 unspecified atom stereocenters. The number of ether oxygens (including phenoxy) is 3. The van der Waals surface area contributed by atoms with Crippen LogP contribution in [0.5, 0.6) is 17.2 Å². The van der Waals surface area contributed by atoms with Crippen molar-refractivity contribution in [3.05, 3.63) is 58.9 Å². The van der Waals surface area contributed by atoms with Crippen LogP contribution in [0.25, 0.3) is 33.7 Å². The summed E-state index contributed by atoms with van der Waals surface area (Å²) < 4.78 is 66.2. The van der Waals surface area contributed by atoms with Gasteiger partial charge in [0, 0.05) is 24.0 Å². The van der Waals surface area contributed by atoms with Crippen LogP contribution in [0.4, 0.5) is 0 Å². The largest absolute Gasteiger partial charge is 0.497 e. The number of H-pyrrole nitrogens is 1. The summed E-state index contributed by atoms with van der Waals surface area (Å²) in [4.78, 5) is 24.9. The first-order valence-corrected chi connectivity index (χ1v) is 15.1. The first-order chi connectivity index (χ1) is 18.7. The number of aromatic amines is 1. The number of fused-ring (bicyclic) bond motifs is 1. The predicted octanol–water partition coefficient (Wildman–Crippen LogP) is 1.95. The zero-order chi connectivity index (χ0) is 29.7. The molecule has 0 fully saturated rings. The van der Waals surface area contributed by atoms with Crippen LogP contribution in [0.1, 0.15) is 0 Å². The summed E-state index contributed by atoms with van der Waals surface area (Å²) in [5.74, 6) is 1.31. The zero-order valence-electron chi connectivity index (χ0n) is 21.9. The summed E-state index contributed by atoms with van der Waals surface area (Å²) in [6, 6.07) is 12.7. The van der Waals surface area contributed by atoms with Gasteiger partial charge in [0.1, 0.15) is 40.6 Å². The van der Waals surface area contributed by atoms with Crippen LogP contribution >= 0.6 is 0 Å². The van der Waals surface area contributed by atoms with E-state index >= 15 is 0 Å². The minimum absolute atomic E-state index is 0.0183. The van der Waals surface area contributed by atoms with Gasteiger partial charge in [-0.05, 0) is 24.3 Å². The smallest absolute Gasteiger partial charge is 0.262 e. The van der Waals surface area contributed by atoms with Gasteiger partial charge in [-0.3, -0.25) is 9.35 Å². The van der Waals surface area contributed by atoms with E-state index in [1.807, 2.05) is 0 Å². The highest BCUT2D eigenvalue weighted by atomic mass is 32.2. The molecule has 3 N–H and O–H groups in total. The van der Waals surface area contributed by atoms with Gasteiger partial charge in [-0.15, -0.1) is 0 Å². The number of hydrogen-bond donors (Lipinski definition) is 3. The lowest BCUT2D eigenvalue weighted by molar-refractivity contribution is 0.201. The Morgan fingerprint density at radius 1 is 0.925 bits per heavy atom.